The summed E-state index contributed by atoms with van der Waals surface area (Å²) in [6, 6.07) is 14.0. The Morgan fingerprint density at radius 2 is 1.94 bits per heavy atom. The molecule has 0 aliphatic rings. The summed E-state index contributed by atoms with van der Waals surface area (Å²) in [6.45, 7) is 0.0750. The second kappa shape index (κ2) is 8.83. The van der Waals surface area contributed by atoms with Crippen molar-refractivity contribution in [1.82, 2.24) is 14.9 Å². The molecule has 0 bridgehead atoms. The molecular formula is C23H19F2N3O3. The van der Waals surface area contributed by atoms with Crippen LogP contribution in [0.4, 0.5) is 8.78 Å². The monoisotopic (exact) mass is 423 g/mol. The Morgan fingerprint density at radius 1 is 1.13 bits per heavy atom. The zero-order valence-corrected chi connectivity index (χ0v) is 16.6. The number of nitrogens with zero attached hydrogens (tertiary/aromatic N) is 2. The van der Waals surface area contributed by atoms with Crippen molar-refractivity contribution < 1.29 is 22.7 Å². The Balaban J connectivity index is 1.49. The minimum Gasteiger partial charge on any atom is -0.486 e. The molecule has 8 heteroatoms. The second-order valence-electron chi connectivity index (χ2n) is 6.87. The maximum atomic E-state index is 13.8. The van der Waals surface area contributed by atoms with E-state index >= 15 is 0 Å². The summed E-state index contributed by atoms with van der Waals surface area (Å²) in [5.41, 5.74) is 0.550. The van der Waals surface area contributed by atoms with Crippen LogP contribution in [0.3, 0.4) is 0 Å². The predicted octanol–water partition coefficient (Wildman–Crippen LogP) is 4.39. The fourth-order valence-corrected chi connectivity index (χ4v) is 3.10. The summed E-state index contributed by atoms with van der Waals surface area (Å²) in [6.07, 6.45) is 3.34. The fraction of sp³-hybridized carbons (Fsp3) is 0.130. The molecule has 0 fully saturated rings. The van der Waals surface area contributed by atoms with E-state index in [1.165, 1.54) is 42.5 Å². The van der Waals surface area contributed by atoms with E-state index in [1.54, 1.807) is 42.2 Å². The Kier molecular flexibility index (Phi) is 5.79. The first-order chi connectivity index (χ1) is 15.0. The van der Waals surface area contributed by atoms with Gasteiger partial charge in [-0.1, -0.05) is 12.1 Å². The van der Waals surface area contributed by atoms with Crippen molar-refractivity contribution in [1.29, 1.82) is 0 Å². The Hall–Kier alpha value is -3.94. The van der Waals surface area contributed by atoms with E-state index < -0.39 is 17.8 Å². The topological polar surface area (TPSA) is 69.3 Å². The summed E-state index contributed by atoms with van der Waals surface area (Å²) < 4.78 is 39.6. The largest absolute Gasteiger partial charge is 0.486 e. The highest BCUT2D eigenvalue weighted by atomic mass is 19.1. The van der Waals surface area contributed by atoms with E-state index in [9.17, 15) is 13.6 Å². The molecule has 0 aliphatic carbocycles. The van der Waals surface area contributed by atoms with Crippen LogP contribution >= 0.6 is 0 Å². The molecule has 2 aromatic carbocycles. The minimum atomic E-state index is -0.674. The van der Waals surface area contributed by atoms with Crippen LogP contribution in [0.2, 0.25) is 0 Å². The van der Waals surface area contributed by atoms with E-state index in [-0.39, 0.29) is 18.2 Å². The van der Waals surface area contributed by atoms with Crippen LogP contribution in [0.15, 0.2) is 77.5 Å². The third-order valence-electron chi connectivity index (χ3n) is 4.65. The molecule has 4 aromatic rings. The molecule has 6 nitrogen and oxygen atoms in total. The number of imidazole rings is 1. The number of carbonyl (C=O) groups is 1. The van der Waals surface area contributed by atoms with Crippen LogP contribution < -0.4 is 10.1 Å². The van der Waals surface area contributed by atoms with E-state index in [4.69, 9.17) is 9.15 Å². The SMILES string of the molecule is Cn1ccnc1C(NC(=O)c1ccc(COc2ccc(F)cc2)o1)c1cccc(F)c1. The number of aryl methyl sites for hydroxylation is 1. The van der Waals surface area contributed by atoms with Gasteiger partial charge in [0, 0.05) is 19.4 Å². The lowest BCUT2D eigenvalue weighted by atomic mass is 10.1. The van der Waals surface area contributed by atoms with Crippen molar-refractivity contribution in [3.63, 3.8) is 0 Å². The average Bonchev–Trinajstić information content (AvgIpc) is 3.41. The van der Waals surface area contributed by atoms with Crippen LogP contribution in [-0.4, -0.2) is 15.5 Å². The molecule has 2 aromatic heterocycles. The van der Waals surface area contributed by atoms with Gasteiger partial charge in [-0.05, 0) is 54.1 Å². The number of furan rings is 1. The molecule has 0 radical (unpaired) electrons. The van der Waals surface area contributed by atoms with Gasteiger partial charge in [-0.2, -0.15) is 0 Å². The summed E-state index contributed by atoms with van der Waals surface area (Å²) in [4.78, 5) is 17.1. The molecule has 0 spiro atoms. The number of benzene rings is 2. The standard InChI is InChI=1S/C23H19F2N3O3/c1-28-12-11-26-22(28)21(15-3-2-4-17(25)13-15)27-23(29)20-10-9-19(31-20)14-30-18-7-5-16(24)6-8-18/h2-13,21H,14H2,1H3,(H,27,29). The van der Waals surface area contributed by atoms with E-state index in [0.29, 0.717) is 22.9 Å². The van der Waals surface area contributed by atoms with Crippen molar-refractivity contribution in [3.05, 3.63) is 108 Å². The first kappa shape index (κ1) is 20.3. The molecule has 4 rings (SSSR count). The molecule has 158 valence electrons. The van der Waals surface area contributed by atoms with Crippen LogP contribution in [0.1, 0.15) is 33.7 Å². The molecular weight excluding hydrogens is 404 g/mol. The number of nitrogens with one attached hydrogen (secondary N) is 1. The van der Waals surface area contributed by atoms with Crippen molar-refractivity contribution in [2.75, 3.05) is 0 Å². The average molecular weight is 423 g/mol. The number of halogens is 2. The van der Waals surface area contributed by atoms with Gasteiger partial charge in [0.05, 0.1) is 0 Å². The third kappa shape index (κ3) is 4.80. The van der Waals surface area contributed by atoms with Gasteiger partial charge in [0.25, 0.3) is 5.91 Å². The number of hydrogen-bond acceptors (Lipinski definition) is 4. The highest BCUT2D eigenvalue weighted by Crippen LogP contribution is 2.22. The summed E-state index contributed by atoms with van der Waals surface area (Å²) >= 11 is 0. The first-order valence-corrected chi connectivity index (χ1v) is 9.50. The summed E-state index contributed by atoms with van der Waals surface area (Å²) in [5.74, 6) is 0.275. The molecule has 0 saturated heterocycles. The zero-order chi connectivity index (χ0) is 21.8. The smallest absolute Gasteiger partial charge is 0.287 e. The number of hydrogen-bond donors (Lipinski definition) is 1. The van der Waals surface area contributed by atoms with E-state index in [0.717, 1.165) is 0 Å². The molecule has 1 atom stereocenters. The van der Waals surface area contributed by atoms with Crippen molar-refractivity contribution >= 4 is 5.91 Å². The van der Waals surface area contributed by atoms with Gasteiger partial charge in [-0.25, -0.2) is 13.8 Å². The Morgan fingerprint density at radius 3 is 2.65 bits per heavy atom. The van der Waals surface area contributed by atoms with Crippen LogP contribution in [0.25, 0.3) is 0 Å². The lowest BCUT2D eigenvalue weighted by Crippen LogP contribution is -2.31. The maximum absolute atomic E-state index is 13.8. The van der Waals surface area contributed by atoms with Gasteiger partial charge in [0.15, 0.2) is 5.76 Å². The second-order valence-corrected chi connectivity index (χ2v) is 6.87. The number of ether oxygens (including phenoxy) is 1. The molecule has 1 N–H and O–H groups in total. The van der Waals surface area contributed by atoms with Gasteiger partial charge in [-0.3, -0.25) is 4.79 Å². The molecule has 1 amide bonds. The van der Waals surface area contributed by atoms with Crippen molar-refractivity contribution in [2.24, 2.45) is 7.05 Å². The van der Waals surface area contributed by atoms with Gasteiger partial charge >= 0.3 is 0 Å². The number of aromatic nitrogens is 2. The minimum absolute atomic E-state index is 0.0750. The van der Waals surface area contributed by atoms with Crippen LogP contribution in [0, 0.1) is 11.6 Å². The predicted molar refractivity (Wildman–Crippen MR) is 108 cm³/mol. The van der Waals surface area contributed by atoms with Gasteiger partial charge in [-0.15, -0.1) is 0 Å². The highest BCUT2D eigenvalue weighted by molar-refractivity contribution is 5.92. The molecule has 0 saturated carbocycles. The molecule has 2 heterocycles. The van der Waals surface area contributed by atoms with Gasteiger partial charge in [0.1, 0.15) is 41.6 Å². The van der Waals surface area contributed by atoms with Gasteiger partial charge < -0.3 is 19.0 Å². The number of carbonyl (C=O) groups excluding carboxylic acids is 1. The normalized spacial score (nSPS) is 11.8. The molecule has 0 aliphatic heterocycles. The molecule has 31 heavy (non-hydrogen) atoms. The highest BCUT2D eigenvalue weighted by Gasteiger charge is 2.23. The zero-order valence-electron chi connectivity index (χ0n) is 16.6. The van der Waals surface area contributed by atoms with Crippen molar-refractivity contribution in [2.45, 2.75) is 12.6 Å². The van der Waals surface area contributed by atoms with E-state index in [2.05, 4.69) is 10.3 Å². The third-order valence-corrected chi connectivity index (χ3v) is 4.65. The van der Waals surface area contributed by atoms with E-state index in [1.807, 2.05) is 0 Å². The Bertz CT molecular complexity index is 1180. The summed E-state index contributed by atoms with van der Waals surface area (Å²) in [5, 5.41) is 2.85. The fourth-order valence-electron chi connectivity index (χ4n) is 3.10. The number of rotatable bonds is 7. The molecule has 1 unspecified atom stereocenters. The first-order valence-electron chi connectivity index (χ1n) is 9.50. The Labute approximate surface area is 177 Å². The van der Waals surface area contributed by atoms with Gasteiger partial charge in [0.2, 0.25) is 0 Å². The summed E-state index contributed by atoms with van der Waals surface area (Å²) in [7, 11) is 1.79. The maximum Gasteiger partial charge on any atom is 0.287 e. The van der Waals surface area contributed by atoms with Crippen LogP contribution in [0.5, 0.6) is 5.75 Å². The lowest BCUT2D eigenvalue weighted by Gasteiger charge is -2.18. The lowest BCUT2D eigenvalue weighted by molar-refractivity contribution is 0.0909. The van der Waals surface area contributed by atoms with Crippen molar-refractivity contribution in [3.8, 4) is 5.75 Å². The number of amides is 1. The van der Waals surface area contributed by atoms with Crippen LogP contribution in [-0.2, 0) is 13.7 Å². The quantitative estimate of drug-likeness (QED) is 0.479.